The lowest BCUT2D eigenvalue weighted by Gasteiger charge is -2.14. The highest BCUT2D eigenvalue weighted by Crippen LogP contribution is 2.25. The molecule has 1 fully saturated rings. The highest BCUT2D eigenvalue weighted by atomic mass is 16.5. The third kappa shape index (κ3) is 4.23. The van der Waals surface area contributed by atoms with Crippen molar-refractivity contribution in [3.8, 4) is 5.75 Å². The molecule has 1 aliphatic carbocycles. The number of ether oxygens (including phenoxy) is 1. The summed E-state index contributed by atoms with van der Waals surface area (Å²) in [5.41, 5.74) is 6.54. The summed E-state index contributed by atoms with van der Waals surface area (Å²) in [6.45, 7) is 2.02. The van der Waals surface area contributed by atoms with Crippen molar-refractivity contribution in [1.82, 2.24) is 0 Å². The number of hydrogen-bond donors (Lipinski definition) is 2. The van der Waals surface area contributed by atoms with E-state index >= 15 is 0 Å². The molecule has 110 valence electrons. The van der Waals surface area contributed by atoms with Crippen LogP contribution < -0.4 is 15.8 Å². The van der Waals surface area contributed by atoms with E-state index in [0.29, 0.717) is 12.5 Å². The molecule has 0 aromatic heterocycles. The van der Waals surface area contributed by atoms with Crippen molar-refractivity contribution in [2.24, 2.45) is 5.73 Å². The Balaban J connectivity index is 1.86. The summed E-state index contributed by atoms with van der Waals surface area (Å²) >= 11 is 0. The van der Waals surface area contributed by atoms with Gasteiger partial charge in [-0.3, -0.25) is 4.79 Å². The lowest BCUT2D eigenvalue weighted by atomic mass is 10.1. The van der Waals surface area contributed by atoms with Crippen LogP contribution >= 0.6 is 0 Å². The number of anilines is 1. The van der Waals surface area contributed by atoms with Crippen LogP contribution in [0.25, 0.3) is 0 Å². The lowest BCUT2D eigenvalue weighted by molar-refractivity contribution is -0.117. The summed E-state index contributed by atoms with van der Waals surface area (Å²) < 4.78 is 5.88. The molecule has 0 bridgehead atoms. The number of rotatable bonds is 6. The Labute approximate surface area is 120 Å². The fourth-order valence-electron chi connectivity index (χ4n) is 2.49. The van der Waals surface area contributed by atoms with E-state index < -0.39 is 6.04 Å². The third-order valence-corrected chi connectivity index (χ3v) is 3.66. The molecule has 1 aliphatic rings. The third-order valence-electron chi connectivity index (χ3n) is 3.66. The van der Waals surface area contributed by atoms with Crippen LogP contribution in [0.15, 0.2) is 24.3 Å². The van der Waals surface area contributed by atoms with Gasteiger partial charge in [0.15, 0.2) is 0 Å². The Kier molecular flexibility index (Phi) is 5.41. The minimum Gasteiger partial charge on any atom is -0.490 e. The van der Waals surface area contributed by atoms with Crippen LogP contribution in [0.3, 0.4) is 0 Å². The summed E-state index contributed by atoms with van der Waals surface area (Å²) in [5.74, 6) is 0.740. The van der Waals surface area contributed by atoms with E-state index in [4.69, 9.17) is 10.5 Å². The van der Waals surface area contributed by atoms with Crippen molar-refractivity contribution in [2.45, 2.75) is 57.6 Å². The van der Waals surface area contributed by atoms with Crippen molar-refractivity contribution in [3.63, 3.8) is 0 Å². The van der Waals surface area contributed by atoms with E-state index in [9.17, 15) is 4.79 Å². The van der Waals surface area contributed by atoms with Gasteiger partial charge in [0.2, 0.25) is 5.91 Å². The fraction of sp³-hybridized carbons (Fsp3) is 0.562. The van der Waals surface area contributed by atoms with Gasteiger partial charge in [0.25, 0.3) is 0 Å². The van der Waals surface area contributed by atoms with Gasteiger partial charge in [0.05, 0.1) is 12.1 Å². The monoisotopic (exact) mass is 276 g/mol. The quantitative estimate of drug-likeness (QED) is 0.839. The molecule has 1 atom stereocenters. The lowest BCUT2D eigenvalue weighted by Crippen LogP contribution is -2.35. The smallest absolute Gasteiger partial charge is 0.241 e. The van der Waals surface area contributed by atoms with Crippen LogP contribution in [-0.2, 0) is 4.79 Å². The summed E-state index contributed by atoms with van der Waals surface area (Å²) in [5, 5.41) is 2.83. The molecule has 1 aromatic carbocycles. The van der Waals surface area contributed by atoms with Crippen LogP contribution in [-0.4, -0.2) is 18.1 Å². The van der Waals surface area contributed by atoms with Gasteiger partial charge in [-0.05, 0) is 56.4 Å². The first kappa shape index (κ1) is 14.9. The number of amides is 1. The SMILES string of the molecule is CCC[C@@H](N)C(=O)Nc1ccc(OC2CCCC2)cc1. The Morgan fingerprint density at radius 2 is 2.00 bits per heavy atom. The van der Waals surface area contributed by atoms with Gasteiger partial charge in [-0.25, -0.2) is 0 Å². The fourth-order valence-corrected chi connectivity index (χ4v) is 2.49. The van der Waals surface area contributed by atoms with Gasteiger partial charge in [0.1, 0.15) is 5.75 Å². The van der Waals surface area contributed by atoms with Crippen LogP contribution in [0, 0.1) is 0 Å². The largest absolute Gasteiger partial charge is 0.490 e. The summed E-state index contributed by atoms with van der Waals surface area (Å²) in [7, 11) is 0. The second-order valence-electron chi connectivity index (χ2n) is 5.43. The second-order valence-corrected chi connectivity index (χ2v) is 5.43. The molecule has 0 unspecified atom stereocenters. The minimum atomic E-state index is -0.436. The number of hydrogen-bond acceptors (Lipinski definition) is 3. The van der Waals surface area contributed by atoms with E-state index in [0.717, 1.165) is 30.7 Å². The zero-order valence-electron chi connectivity index (χ0n) is 12.1. The van der Waals surface area contributed by atoms with Crippen molar-refractivity contribution >= 4 is 11.6 Å². The molecule has 2 rings (SSSR count). The van der Waals surface area contributed by atoms with Crippen molar-refractivity contribution in [1.29, 1.82) is 0 Å². The van der Waals surface area contributed by atoms with E-state index in [-0.39, 0.29) is 5.91 Å². The van der Waals surface area contributed by atoms with Crippen LogP contribution in [0.4, 0.5) is 5.69 Å². The zero-order valence-corrected chi connectivity index (χ0v) is 12.1. The number of nitrogens with two attached hydrogens (primary N) is 1. The summed E-state index contributed by atoms with van der Waals surface area (Å²) in [6.07, 6.45) is 6.77. The minimum absolute atomic E-state index is 0.128. The molecule has 1 saturated carbocycles. The standard InChI is InChI=1S/C16H24N2O2/c1-2-5-15(17)16(19)18-12-8-10-14(11-9-12)20-13-6-3-4-7-13/h8-11,13,15H,2-7,17H2,1H3,(H,18,19)/t15-/m1/s1. The summed E-state index contributed by atoms with van der Waals surface area (Å²) in [4.78, 5) is 11.8. The average Bonchev–Trinajstić information content (AvgIpc) is 2.94. The molecule has 0 spiro atoms. The first-order valence-electron chi connectivity index (χ1n) is 7.52. The molecule has 4 heteroatoms. The van der Waals surface area contributed by atoms with Gasteiger partial charge in [-0.15, -0.1) is 0 Å². The number of carbonyl (C=O) groups excluding carboxylic acids is 1. The molecular weight excluding hydrogens is 252 g/mol. The topological polar surface area (TPSA) is 64.4 Å². The van der Waals surface area contributed by atoms with Gasteiger partial charge >= 0.3 is 0 Å². The van der Waals surface area contributed by atoms with E-state index in [2.05, 4.69) is 5.32 Å². The zero-order chi connectivity index (χ0) is 14.4. The predicted octanol–water partition coefficient (Wildman–Crippen LogP) is 3.07. The van der Waals surface area contributed by atoms with E-state index in [1.807, 2.05) is 31.2 Å². The number of nitrogens with one attached hydrogen (secondary N) is 1. The van der Waals surface area contributed by atoms with Crippen molar-refractivity contribution < 1.29 is 9.53 Å². The predicted molar refractivity (Wildman–Crippen MR) is 80.8 cm³/mol. The van der Waals surface area contributed by atoms with Gasteiger partial charge < -0.3 is 15.8 Å². The van der Waals surface area contributed by atoms with Gasteiger partial charge in [-0.1, -0.05) is 13.3 Å². The van der Waals surface area contributed by atoms with Crippen molar-refractivity contribution in [2.75, 3.05) is 5.32 Å². The van der Waals surface area contributed by atoms with Gasteiger partial charge in [-0.2, -0.15) is 0 Å². The highest BCUT2D eigenvalue weighted by molar-refractivity contribution is 5.94. The molecule has 1 aromatic rings. The molecule has 3 N–H and O–H groups in total. The molecule has 0 aliphatic heterocycles. The number of carbonyl (C=O) groups is 1. The van der Waals surface area contributed by atoms with E-state index in [1.54, 1.807) is 0 Å². The Hall–Kier alpha value is -1.55. The average molecular weight is 276 g/mol. The highest BCUT2D eigenvalue weighted by Gasteiger charge is 2.16. The van der Waals surface area contributed by atoms with Crippen LogP contribution in [0.5, 0.6) is 5.75 Å². The molecule has 0 heterocycles. The molecule has 0 radical (unpaired) electrons. The van der Waals surface area contributed by atoms with Crippen molar-refractivity contribution in [3.05, 3.63) is 24.3 Å². The molecule has 1 amide bonds. The first-order chi connectivity index (χ1) is 9.69. The first-order valence-corrected chi connectivity index (χ1v) is 7.52. The molecular formula is C16H24N2O2. The molecule has 4 nitrogen and oxygen atoms in total. The Bertz CT molecular complexity index is 425. The Morgan fingerprint density at radius 1 is 1.35 bits per heavy atom. The maximum absolute atomic E-state index is 11.8. The normalized spacial score (nSPS) is 16.9. The molecule has 20 heavy (non-hydrogen) atoms. The summed E-state index contributed by atoms with van der Waals surface area (Å²) in [6, 6.07) is 7.09. The van der Waals surface area contributed by atoms with Crippen LogP contribution in [0.2, 0.25) is 0 Å². The maximum Gasteiger partial charge on any atom is 0.241 e. The van der Waals surface area contributed by atoms with Crippen LogP contribution in [0.1, 0.15) is 45.4 Å². The second kappa shape index (κ2) is 7.29. The Morgan fingerprint density at radius 3 is 2.60 bits per heavy atom. The van der Waals surface area contributed by atoms with E-state index in [1.165, 1.54) is 12.8 Å². The molecule has 0 saturated heterocycles. The maximum atomic E-state index is 11.8. The number of benzene rings is 1. The van der Waals surface area contributed by atoms with Gasteiger partial charge in [0, 0.05) is 5.69 Å².